The Morgan fingerprint density at radius 3 is 2.67 bits per heavy atom. The van der Waals surface area contributed by atoms with Crippen molar-refractivity contribution in [2.24, 2.45) is 4.99 Å². The Bertz CT molecular complexity index is 279. The molecule has 0 spiro atoms. The molecule has 0 saturated carbocycles. The largest absolute Gasteiger partial charge is 0.278 e. The average Bonchev–Trinajstić information content (AvgIpc) is 2.09. The molecule has 1 aliphatic carbocycles. The molecule has 1 heteroatoms. The first-order valence-corrected chi connectivity index (χ1v) is 3.98. The van der Waals surface area contributed by atoms with Crippen LogP contribution < -0.4 is 0 Å². The molecule has 1 rings (SSSR count). The molecule has 0 heterocycles. The van der Waals surface area contributed by atoms with Gasteiger partial charge in [0, 0.05) is 0 Å². The minimum absolute atomic E-state index is 0.160. The van der Waals surface area contributed by atoms with E-state index in [4.69, 9.17) is 0 Å². The van der Waals surface area contributed by atoms with Gasteiger partial charge in [0.25, 0.3) is 0 Å². The van der Waals surface area contributed by atoms with Crippen LogP contribution in [0.4, 0.5) is 0 Å². The third-order valence-corrected chi connectivity index (χ3v) is 1.68. The summed E-state index contributed by atoms with van der Waals surface area (Å²) in [5, 5.41) is 0. The number of allylic oxidation sites excluding steroid dienone is 5. The van der Waals surface area contributed by atoms with E-state index in [-0.39, 0.29) is 6.04 Å². The van der Waals surface area contributed by atoms with E-state index >= 15 is 0 Å². The second-order valence-electron chi connectivity index (χ2n) is 2.73. The maximum absolute atomic E-state index is 4.40. The Kier molecular flexibility index (Phi) is 2.81. The van der Waals surface area contributed by atoms with Crippen molar-refractivity contribution in [3.8, 4) is 0 Å². The van der Waals surface area contributed by atoms with Crippen molar-refractivity contribution in [3.05, 3.63) is 49.1 Å². The van der Waals surface area contributed by atoms with Crippen molar-refractivity contribution in [2.45, 2.75) is 13.0 Å². The quantitative estimate of drug-likeness (QED) is 0.549. The lowest BCUT2D eigenvalue weighted by molar-refractivity contribution is 0.931. The predicted octanol–water partition coefficient (Wildman–Crippen LogP) is 2.68. The summed E-state index contributed by atoms with van der Waals surface area (Å²) >= 11 is 0. The number of hydrogen-bond donors (Lipinski definition) is 0. The maximum atomic E-state index is 4.40. The molecular weight excluding hydrogens is 146 g/mol. The van der Waals surface area contributed by atoms with Gasteiger partial charge in [-0.05, 0) is 18.6 Å². The first kappa shape index (κ1) is 8.72. The Morgan fingerprint density at radius 2 is 2.08 bits per heavy atom. The maximum Gasteiger partial charge on any atom is 0.0656 e. The molecule has 1 atom stereocenters. The van der Waals surface area contributed by atoms with Crippen molar-refractivity contribution >= 4 is 5.71 Å². The van der Waals surface area contributed by atoms with Crippen LogP contribution in [0.1, 0.15) is 6.92 Å². The first-order chi connectivity index (χ1) is 5.74. The average molecular weight is 159 g/mol. The summed E-state index contributed by atoms with van der Waals surface area (Å²) in [5.74, 6) is 0. The van der Waals surface area contributed by atoms with Crippen LogP contribution in [-0.2, 0) is 0 Å². The summed E-state index contributed by atoms with van der Waals surface area (Å²) in [7, 11) is 0. The van der Waals surface area contributed by atoms with Gasteiger partial charge in [-0.25, -0.2) is 0 Å². The molecule has 12 heavy (non-hydrogen) atoms. The minimum atomic E-state index is 0.160. The van der Waals surface area contributed by atoms with Crippen LogP contribution in [0.15, 0.2) is 54.1 Å². The summed E-state index contributed by atoms with van der Waals surface area (Å²) in [6, 6.07) is 0.160. The molecule has 62 valence electrons. The molecular formula is C11H13N. The first-order valence-electron chi connectivity index (χ1n) is 3.98. The predicted molar refractivity (Wildman–Crippen MR) is 54.5 cm³/mol. The van der Waals surface area contributed by atoms with Crippen molar-refractivity contribution in [1.29, 1.82) is 0 Å². The second-order valence-corrected chi connectivity index (χ2v) is 2.73. The highest BCUT2D eigenvalue weighted by Gasteiger charge is 2.01. The standard InChI is InChI=1S/C11H13N/c1-4-10(3)12-11-8-6-5-7-9(11)2/h4-8,10H,1-2H2,3H3. The third-order valence-electron chi connectivity index (χ3n) is 1.68. The van der Waals surface area contributed by atoms with Crippen LogP contribution in [-0.4, -0.2) is 11.8 Å². The summed E-state index contributed by atoms with van der Waals surface area (Å²) in [4.78, 5) is 4.40. The Morgan fingerprint density at radius 1 is 1.42 bits per heavy atom. The molecule has 1 unspecified atom stereocenters. The van der Waals surface area contributed by atoms with Gasteiger partial charge in [0.05, 0.1) is 11.8 Å². The summed E-state index contributed by atoms with van der Waals surface area (Å²) < 4.78 is 0. The highest BCUT2D eigenvalue weighted by molar-refractivity contribution is 6.11. The zero-order valence-corrected chi connectivity index (χ0v) is 7.33. The molecule has 1 nitrogen and oxygen atoms in total. The van der Waals surface area contributed by atoms with E-state index in [2.05, 4.69) is 18.2 Å². The Hall–Kier alpha value is -1.37. The smallest absolute Gasteiger partial charge is 0.0656 e. The highest BCUT2D eigenvalue weighted by atomic mass is 14.8. The van der Waals surface area contributed by atoms with Crippen molar-refractivity contribution < 1.29 is 0 Å². The van der Waals surface area contributed by atoms with Crippen molar-refractivity contribution in [2.75, 3.05) is 0 Å². The van der Waals surface area contributed by atoms with Gasteiger partial charge in [0.2, 0.25) is 0 Å². The summed E-state index contributed by atoms with van der Waals surface area (Å²) in [6.07, 6.45) is 9.65. The van der Waals surface area contributed by atoms with Gasteiger partial charge in [-0.2, -0.15) is 0 Å². The van der Waals surface area contributed by atoms with E-state index in [1.807, 2.05) is 37.3 Å². The van der Waals surface area contributed by atoms with Crippen LogP contribution >= 0.6 is 0 Å². The third kappa shape index (κ3) is 2.06. The van der Waals surface area contributed by atoms with Gasteiger partial charge in [-0.3, -0.25) is 4.99 Å². The molecule has 0 fully saturated rings. The molecule has 0 bridgehead atoms. The molecule has 0 amide bonds. The Labute approximate surface area is 73.5 Å². The summed E-state index contributed by atoms with van der Waals surface area (Å²) in [5.41, 5.74) is 1.91. The van der Waals surface area contributed by atoms with Crippen molar-refractivity contribution in [3.63, 3.8) is 0 Å². The highest BCUT2D eigenvalue weighted by Crippen LogP contribution is 2.07. The molecule has 0 saturated heterocycles. The van der Waals surface area contributed by atoms with E-state index in [0.29, 0.717) is 0 Å². The van der Waals surface area contributed by atoms with Gasteiger partial charge in [-0.1, -0.05) is 30.9 Å². The van der Waals surface area contributed by atoms with Gasteiger partial charge >= 0.3 is 0 Å². The van der Waals surface area contributed by atoms with Crippen LogP contribution in [0.25, 0.3) is 0 Å². The molecule has 0 aromatic rings. The molecule has 0 aromatic heterocycles. The normalized spacial score (nSPS) is 21.4. The van der Waals surface area contributed by atoms with Crippen LogP contribution in [0.2, 0.25) is 0 Å². The second kappa shape index (κ2) is 3.86. The lowest BCUT2D eigenvalue weighted by atomic mass is 10.1. The number of aliphatic imine (C=N–C) groups is 1. The minimum Gasteiger partial charge on any atom is -0.278 e. The van der Waals surface area contributed by atoms with Crippen LogP contribution in [0.5, 0.6) is 0 Å². The van der Waals surface area contributed by atoms with E-state index in [1.165, 1.54) is 0 Å². The van der Waals surface area contributed by atoms with Crippen LogP contribution in [0.3, 0.4) is 0 Å². The van der Waals surface area contributed by atoms with Gasteiger partial charge in [0.1, 0.15) is 0 Å². The van der Waals surface area contributed by atoms with E-state index in [9.17, 15) is 0 Å². The van der Waals surface area contributed by atoms with Gasteiger partial charge < -0.3 is 0 Å². The molecule has 0 aromatic carbocycles. The van der Waals surface area contributed by atoms with E-state index in [0.717, 1.165) is 11.3 Å². The topological polar surface area (TPSA) is 12.4 Å². The van der Waals surface area contributed by atoms with E-state index in [1.54, 1.807) is 0 Å². The molecule has 0 aliphatic heterocycles. The molecule has 0 radical (unpaired) electrons. The number of hydrogen-bond acceptors (Lipinski definition) is 1. The zero-order chi connectivity index (χ0) is 8.97. The number of rotatable bonds is 2. The van der Waals surface area contributed by atoms with Gasteiger partial charge in [0.15, 0.2) is 0 Å². The summed E-state index contributed by atoms with van der Waals surface area (Å²) in [6.45, 7) is 9.55. The Balaban J connectivity index is 2.81. The SMILES string of the molecule is C=CC(C)N=C1C=CC=CC1=C. The lowest BCUT2D eigenvalue weighted by Gasteiger charge is -2.06. The fourth-order valence-corrected chi connectivity index (χ4v) is 0.909. The lowest BCUT2D eigenvalue weighted by Crippen LogP contribution is -2.03. The van der Waals surface area contributed by atoms with Crippen molar-refractivity contribution in [1.82, 2.24) is 0 Å². The fourth-order valence-electron chi connectivity index (χ4n) is 0.909. The number of nitrogens with zero attached hydrogens (tertiary/aromatic N) is 1. The molecule has 1 aliphatic rings. The fraction of sp³-hybridized carbons (Fsp3) is 0.182. The monoisotopic (exact) mass is 159 g/mol. The molecule has 0 N–H and O–H groups in total. The zero-order valence-electron chi connectivity index (χ0n) is 7.33. The van der Waals surface area contributed by atoms with E-state index < -0.39 is 0 Å². The van der Waals surface area contributed by atoms with Gasteiger partial charge in [-0.15, -0.1) is 6.58 Å². The van der Waals surface area contributed by atoms with Crippen LogP contribution in [0, 0.1) is 0 Å².